The van der Waals surface area contributed by atoms with Crippen LogP contribution >= 0.6 is 11.3 Å². The first-order chi connectivity index (χ1) is 17.5. The van der Waals surface area contributed by atoms with Crippen LogP contribution in [0.3, 0.4) is 0 Å². The number of benzene rings is 3. The largest absolute Gasteiger partial charge is 0.397 e. The first-order valence-corrected chi connectivity index (χ1v) is 12.3. The number of amides is 1. The van der Waals surface area contributed by atoms with Gasteiger partial charge in [-0.3, -0.25) is 9.69 Å². The zero-order chi connectivity index (χ0) is 25.2. The van der Waals surface area contributed by atoms with Crippen LogP contribution in [0, 0.1) is 11.3 Å². The highest BCUT2D eigenvalue weighted by atomic mass is 32.1. The minimum absolute atomic E-state index is 0.114. The number of para-hydroxylation sites is 2. The molecule has 6 nitrogen and oxygen atoms in total. The molecule has 5 rings (SSSR count). The number of carbonyl (C=O) groups excluding carboxylic acids is 1. The lowest BCUT2D eigenvalue weighted by Crippen LogP contribution is -2.25. The van der Waals surface area contributed by atoms with Crippen molar-refractivity contribution in [1.29, 1.82) is 5.26 Å². The summed E-state index contributed by atoms with van der Waals surface area (Å²) in [6.07, 6.45) is 0.896. The molecule has 3 aromatic carbocycles. The van der Waals surface area contributed by atoms with E-state index in [1.807, 2.05) is 84.9 Å². The number of pyridine rings is 1. The van der Waals surface area contributed by atoms with Crippen LogP contribution in [0.5, 0.6) is 0 Å². The molecule has 2 heterocycles. The van der Waals surface area contributed by atoms with Crippen LogP contribution in [0.2, 0.25) is 0 Å². The molecule has 4 N–H and O–H groups in total. The topological polar surface area (TPSA) is 109 Å². The fourth-order valence-corrected chi connectivity index (χ4v) is 5.32. The van der Waals surface area contributed by atoms with Gasteiger partial charge in [-0.25, -0.2) is 4.98 Å². The monoisotopic (exact) mass is 489 g/mol. The highest BCUT2D eigenvalue weighted by Gasteiger charge is 2.28. The maximum atomic E-state index is 14.0. The van der Waals surface area contributed by atoms with Gasteiger partial charge in [0.1, 0.15) is 27.2 Å². The molecule has 0 aliphatic rings. The summed E-state index contributed by atoms with van der Waals surface area (Å²) in [4.78, 5) is 21.0. The van der Waals surface area contributed by atoms with Crippen LogP contribution in [0.15, 0.2) is 84.9 Å². The van der Waals surface area contributed by atoms with E-state index in [0.29, 0.717) is 32.0 Å². The van der Waals surface area contributed by atoms with Crippen molar-refractivity contribution in [2.45, 2.75) is 13.3 Å². The van der Waals surface area contributed by atoms with Gasteiger partial charge in [0, 0.05) is 22.3 Å². The maximum absolute atomic E-state index is 14.0. The minimum atomic E-state index is -0.280. The number of nitrogen functional groups attached to an aromatic ring is 2. The molecular formula is C29H23N5OS. The molecule has 176 valence electrons. The Balaban J connectivity index is 1.74. The van der Waals surface area contributed by atoms with Crippen LogP contribution in [0.4, 0.5) is 22.9 Å². The van der Waals surface area contributed by atoms with Gasteiger partial charge in [-0.15, -0.1) is 11.3 Å². The lowest BCUT2D eigenvalue weighted by atomic mass is 9.96. The first-order valence-electron chi connectivity index (χ1n) is 11.5. The second-order valence-electron chi connectivity index (χ2n) is 8.25. The minimum Gasteiger partial charge on any atom is -0.397 e. The number of hydrogen-bond acceptors (Lipinski definition) is 6. The Labute approximate surface area is 213 Å². The fourth-order valence-electron chi connectivity index (χ4n) is 4.28. The normalized spacial score (nSPS) is 10.8. The molecule has 2 aromatic heterocycles. The van der Waals surface area contributed by atoms with Crippen LogP contribution in [-0.2, 0) is 6.42 Å². The summed E-state index contributed by atoms with van der Waals surface area (Å²) in [7, 11) is 0. The van der Waals surface area contributed by atoms with Crippen molar-refractivity contribution in [2.75, 3.05) is 16.4 Å². The molecule has 0 atom stereocenters. The zero-order valence-electron chi connectivity index (χ0n) is 19.6. The number of aromatic nitrogens is 1. The summed E-state index contributed by atoms with van der Waals surface area (Å²) in [5.41, 5.74) is 17.4. The molecule has 7 heteroatoms. The van der Waals surface area contributed by atoms with Gasteiger partial charge in [-0.2, -0.15) is 5.26 Å². The number of rotatable bonds is 5. The Morgan fingerprint density at radius 3 is 2.06 bits per heavy atom. The number of thiophene rings is 1. The Morgan fingerprint density at radius 1 is 0.944 bits per heavy atom. The summed E-state index contributed by atoms with van der Waals surface area (Å²) in [6, 6.07) is 28.9. The Hall–Kier alpha value is -4.67. The van der Waals surface area contributed by atoms with E-state index < -0.39 is 0 Å². The molecule has 0 saturated heterocycles. The lowest BCUT2D eigenvalue weighted by Gasteiger charge is -2.22. The molecule has 0 aliphatic heterocycles. The lowest BCUT2D eigenvalue weighted by molar-refractivity contribution is 0.100. The van der Waals surface area contributed by atoms with Crippen molar-refractivity contribution in [1.82, 2.24) is 4.98 Å². The van der Waals surface area contributed by atoms with E-state index in [1.54, 1.807) is 4.90 Å². The van der Waals surface area contributed by atoms with E-state index in [-0.39, 0.29) is 23.0 Å². The first kappa shape index (κ1) is 23.1. The summed E-state index contributed by atoms with van der Waals surface area (Å²) < 4.78 is 0. The predicted octanol–water partition coefficient (Wildman–Crippen LogP) is 6.54. The van der Waals surface area contributed by atoms with Crippen LogP contribution in [-0.4, -0.2) is 10.9 Å². The Morgan fingerprint density at radius 2 is 1.53 bits per heavy atom. The predicted molar refractivity (Wildman–Crippen MR) is 147 cm³/mol. The van der Waals surface area contributed by atoms with Gasteiger partial charge >= 0.3 is 0 Å². The average Bonchev–Trinajstić information content (AvgIpc) is 3.24. The third-order valence-electron chi connectivity index (χ3n) is 6.09. The summed E-state index contributed by atoms with van der Waals surface area (Å²) >= 11 is 1.18. The molecule has 5 aromatic rings. The Kier molecular flexibility index (Phi) is 6.11. The van der Waals surface area contributed by atoms with E-state index in [1.165, 1.54) is 16.9 Å². The van der Waals surface area contributed by atoms with Crippen molar-refractivity contribution in [2.24, 2.45) is 0 Å². The van der Waals surface area contributed by atoms with E-state index >= 15 is 0 Å². The number of hydrogen-bond donors (Lipinski definition) is 2. The third-order valence-corrected chi connectivity index (χ3v) is 7.18. The SMILES string of the molecule is CCc1ccc(-c2c(C#N)c(N)nc3sc(C(=O)N(c4ccccc4)c4ccccc4)c(N)c23)cc1. The van der Waals surface area contributed by atoms with E-state index in [9.17, 15) is 10.1 Å². The average molecular weight is 490 g/mol. The molecule has 1 amide bonds. The summed E-state index contributed by atoms with van der Waals surface area (Å²) in [6.45, 7) is 2.08. The quantitative estimate of drug-likeness (QED) is 0.291. The van der Waals surface area contributed by atoms with Crippen molar-refractivity contribution < 1.29 is 4.79 Å². The molecule has 36 heavy (non-hydrogen) atoms. The molecule has 0 fully saturated rings. The number of anilines is 4. The number of nitriles is 1. The Bertz CT molecular complexity index is 1560. The molecule has 0 spiro atoms. The molecule has 0 bridgehead atoms. The van der Waals surface area contributed by atoms with Gasteiger partial charge < -0.3 is 11.5 Å². The van der Waals surface area contributed by atoms with E-state index in [4.69, 9.17) is 11.5 Å². The van der Waals surface area contributed by atoms with Crippen molar-refractivity contribution in [3.05, 3.63) is 101 Å². The van der Waals surface area contributed by atoms with Crippen molar-refractivity contribution in [3.8, 4) is 17.2 Å². The summed E-state index contributed by atoms with van der Waals surface area (Å²) in [5.74, 6) is -0.167. The standard InChI is InChI=1S/C29H23N5OS/c1-2-18-13-15-19(16-14-18)23-22(17-30)27(32)33-28-24(23)25(31)26(36-28)29(35)34(20-9-5-3-6-10-20)21-11-7-4-8-12-21/h3-16H,2,31H2,1H3,(H2,32,33). The molecular weight excluding hydrogens is 466 g/mol. The number of aryl methyl sites for hydroxylation is 1. The highest BCUT2D eigenvalue weighted by Crippen LogP contribution is 2.44. The van der Waals surface area contributed by atoms with Gasteiger partial charge in [0.2, 0.25) is 0 Å². The number of nitrogens with zero attached hydrogens (tertiary/aromatic N) is 3. The fraction of sp³-hybridized carbons (Fsp3) is 0.0690. The van der Waals surface area contributed by atoms with Gasteiger partial charge in [0.05, 0.1) is 5.69 Å². The summed E-state index contributed by atoms with van der Waals surface area (Å²) in [5, 5.41) is 10.5. The third kappa shape index (κ3) is 3.94. The molecule has 0 unspecified atom stereocenters. The second-order valence-corrected chi connectivity index (χ2v) is 9.25. The van der Waals surface area contributed by atoms with Crippen LogP contribution in [0.25, 0.3) is 21.3 Å². The molecule has 0 radical (unpaired) electrons. The second kappa shape index (κ2) is 9.53. The van der Waals surface area contributed by atoms with Gasteiger partial charge in [-0.1, -0.05) is 67.6 Å². The molecule has 0 saturated carbocycles. The zero-order valence-corrected chi connectivity index (χ0v) is 20.4. The number of nitrogens with two attached hydrogens (primary N) is 2. The smallest absolute Gasteiger partial charge is 0.275 e. The van der Waals surface area contributed by atoms with Gasteiger partial charge in [0.15, 0.2) is 0 Å². The van der Waals surface area contributed by atoms with E-state index in [0.717, 1.165) is 12.0 Å². The van der Waals surface area contributed by atoms with Crippen molar-refractivity contribution >= 4 is 50.3 Å². The van der Waals surface area contributed by atoms with Crippen molar-refractivity contribution in [3.63, 3.8) is 0 Å². The highest BCUT2D eigenvalue weighted by molar-refractivity contribution is 7.21. The van der Waals surface area contributed by atoms with E-state index in [2.05, 4.69) is 18.0 Å². The number of carbonyl (C=O) groups is 1. The van der Waals surface area contributed by atoms with Gasteiger partial charge in [0.25, 0.3) is 5.91 Å². The van der Waals surface area contributed by atoms with Crippen LogP contribution < -0.4 is 16.4 Å². The maximum Gasteiger partial charge on any atom is 0.275 e. The molecule has 0 aliphatic carbocycles. The number of fused-ring (bicyclic) bond motifs is 1. The van der Waals surface area contributed by atoms with Crippen LogP contribution in [0.1, 0.15) is 27.7 Å². The van der Waals surface area contributed by atoms with Gasteiger partial charge in [-0.05, 0) is 41.8 Å².